The number of thiazole rings is 1. The standard InChI is InChI=1S/C17H19F2N3O2S/c1-10-6-22(7-11(2)24-10)8-15-9-25-17(20-15)21-16(23)12-3-13(18)5-14(19)4-12/h3-5,9-11H,6-8H2,1-2H3,(H,20,21,23). The first-order chi connectivity index (χ1) is 11.9. The molecule has 2 aromatic rings. The second kappa shape index (κ2) is 7.55. The van der Waals surface area contributed by atoms with E-state index in [-0.39, 0.29) is 17.8 Å². The quantitative estimate of drug-likeness (QED) is 0.901. The summed E-state index contributed by atoms with van der Waals surface area (Å²) in [6.45, 7) is 6.39. The molecule has 134 valence electrons. The number of benzene rings is 1. The Balaban J connectivity index is 1.62. The highest BCUT2D eigenvalue weighted by molar-refractivity contribution is 7.13. The van der Waals surface area contributed by atoms with Crippen LogP contribution in [0.4, 0.5) is 13.9 Å². The Morgan fingerprint density at radius 1 is 1.28 bits per heavy atom. The van der Waals surface area contributed by atoms with Crippen molar-refractivity contribution < 1.29 is 18.3 Å². The molecule has 0 radical (unpaired) electrons. The van der Waals surface area contributed by atoms with Gasteiger partial charge in [-0.25, -0.2) is 13.8 Å². The fourth-order valence-corrected chi connectivity index (χ4v) is 3.63. The van der Waals surface area contributed by atoms with Crippen molar-refractivity contribution in [1.82, 2.24) is 9.88 Å². The van der Waals surface area contributed by atoms with Gasteiger partial charge < -0.3 is 4.74 Å². The topological polar surface area (TPSA) is 54.5 Å². The molecule has 0 spiro atoms. The Labute approximate surface area is 148 Å². The molecule has 1 amide bonds. The Hall–Kier alpha value is -1.90. The van der Waals surface area contributed by atoms with Crippen LogP contribution in [-0.2, 0) is 11.3 Å². The lowest BCUT2D eigenvalue weighted by molar-refractivity contribution is -0.0707. The van der Waals surface area contributed by atoms with Crippen molar-refractivity contribution in [2.24, 2.45) is 0 Å². The molecule has 2 atom stereocenters. The molecule has 5 nitrogen and oxygen atoms in total. The first-order valence-electron chi connectivity index (χ1n) is 7.98. The van der Waals surface area contributed by atoms with Gasteiger partial charge in [0.1, 0.15) is 11.6 Å². The van der Waals surface area contributed by atoms with Crippen LogP contribution >= 0.6 is 11.3 Å². The van der Waals surface area contributed by atoms with Crippen LogP contribution in [0, 0.1) is 11.6 Å². The molecule has 0 bridgehead atoms. The number of rotatable bonds is 4. The van der Waals surface area contributed by atoms with Crippen LogP contribution < -0.4 is 5.32 Å². The number of carbonyl (C=O) groups is 1. The van der Waals surface area contributed by atoms with E-state index in [1.807, 2.05) is 19.2 Å². The van der Waals surface area contributed by atoms with Gasteiger partial charge in [-0.15, -0.1) is 11.3 Å². The van der Waals surface area contributed by atoms with Crippen molar-refractivity contribution >= 4 is 22.4 Å². The zero-order valence-electron chi connectivity index (χ0n) is 14.0. The van der Waals surface area contributed by atoms with Crippen molar-refractivity contribution in [1.29, 1.82) is 0 Å². The summed E-state index contributed by atoms with van der Waals surface area (Å²) in [6, 6.07) is 2.70. The molecule has 1 aromatic carbocycles. The maximum absolute atomic E-state index is 13.2. The lowest BCUT2D eigenvalue weighted by atomic mass is 10.2. The first kappa shape index (κ1) is 17.9. The Bertz CT molecular complexity index is 738. The normalized spacial score (nSPS) is 21.3. The number of amides is 1. The molecule has 2 heterocycles. The van der Waals surface area contributed by atoms with E-state index in [2.05, 4.69) is 15.2 Å². The molecular formula is C17H19F2N3O2S. The summed E-state index contributed by atoms with van der Waals surface area (Å²) in [4.78, 5) is 18.7. The molecule has 1 aromatic heterocycles. The number of morpholine rings is 1. The van der Waals surface area contributed by atoms with E-state index in [1.165, 1.54) is 11.3 Å². The van der Waals surface area contributed by atoms with Gasteiger partial charge in [-0.3, -0.25) is 15.0 Å². The largest absolute Gasteiger partial charge is 0.373 e. The van der Waals surface area contributed by atoms with Gasteiger partial charge in [-0.2, -0.15) is 0 Å². The van der Waals surface area contributed by atoms with E-state index in [1.54, 1.807) is 0 Å². The zero-order chi connectivity index (χ0) is 18.0. The number of hydrogen-bond donors (Lipinski definition) is 1. The number of nitrogens with zero attached hydrogens (tertiary/aromatic N) is 2. The molecule has 25 heavy (non-hydrogen) atoms. The number of anilines is 1. The highest BCUT2D eigenvalue weighted by Gasteiger charge is 2.23. The Kier molecular flexibility index (Phi) is 5.41. The molecule has 1 N–H and O–H groups in total. The maximum Gasteiger partial charge on any atom is 0.257 e. The number of ether oxygens (including phenoxy) is 1. The summed E-state index contributed by atoms with van der Waals surface area (Å²) in [5.74, 6) is -2.17. The minimum atomic E-state index is -0.791. The van der Waals surface area contributed by atoms with Gasteiger partial charge in [0, 0.05) is 36.6 Å². The summed E-state index contributed by atoms with van der Waals surface area (Å²) >= 11 is 1.28. The van der Waals surface area contributed by atoms with E-state index in [0.29, 0.717) is 11.7 Å². The van der Waals surface area contributed by atoms with E-state index in [0.717, 1.165) is 37.0 Å². The van der Waals surface area contributed by atoms with E-state index >= 15 is 0 Å². The van der Waals surface area contributed by atoms with Crippen LogP contribution in [0.5, 0.6) is 0 Å². The highest BCUT2D eigenvalue weighted by atomic mass is 32.1. The van der Waals surface area contributed by atoms with E-state index in [9.17, 15) is 13.6 Å². The average molecular weight is 367 g/mol. The van der Waals surface area contributed by atoms with Gasteiger partial charge >= 0.3 is 0 Å². The van der Waals surface area contributed by atoms with Crippen molar-refractivity contribution in [3.63, 3.8) is 0 Å². The molecule has 0 aliphatic carbocycles. The molecule has 1 fully saturated rings. The summed E-state index contributed by atoms with van der Waals surface area (Å²) in [7, 11) is 0. The minimum absolute atomic E-state index is 0.0786. The van der Waals surface area contributed by atoms with Crippen molar-refractivity contribution in [3.8, 4) is 0 Å². The number of carbonyl (C=O) groups excluding carboxylic acids is 1. The van der Waals surface area contributed by atoms with Crippen molar-refractivity contribution in [2.75, 3.05) is 18.4 Å². The predicted molar refractivity (Wildman–Crippen MR) is 91.7 cm³/mol. The van der Waals surface area contributed by atoms with E-state index in [4.69, 9.17) is 4.74 Å². The van der Waals surface area contributed by atoms with Gasteiger partial charge in [0.05, 0.1) is 17.9 Å². The fraction of sp³-hybridized carbons (Fsp3) is 0.412. The second-order valence-corrected chi connectivity index (χ2v) is 7.07. The molecule has 2 unspecified atom stereocenters. The number of hydrogen-bond acceptors (Lipinski definition) is 5. The number of aromatic nitrogens is 1. The maximum atomic E-state index is 13.2. The molecular weight excluding hydrogens is 348 g/mol. The van der Waals surface area contributed by atoms with Gasteiger partial charge in [0.25, 0.3) is 5.91 Å². The van der Waals surface area contributed by atoms with Crippen LogP contribution in [0.1, 0.15) is 29.9 Å². The van der Waals surface area contributed by atoms with Gasteiger partial charge in [-0.05, 0) is 26.0 Å². The molecule has 1 saturated heterocycles. The Morgan fingerprint density at radius 2 is 1.92 bits per heavy atom. The monoisotopic (exact) mass is 367 g/mol. The summed E-state index contributed by atoms with van der Waals surface area (Å²) in [5.41, 5.74) is 0.761. The fourth-order valence-electron chi connectivity index (χ4n) is 2.93. The SMILES string of the molecule is CC1CN(Cc2csc(NC(=O)c3cc(F)cc(F)c3)n2)CC(C)O1. The van der Waals surface area contributed by atoms with Crippen molar-refractivity contribution in [3.05, 3.63) is 46.5 Å². The summed E-state index contributed by atoms with van der Waals surface area (Å²) in [5, 5.41) is 4.85. The third-order valence-electron chi connectivity index (χ3n) is 3.78. The highest BCUT2D eigenvalue weighted by Crippen LogP contribution is 2.20. The smallest absolute Gasteiger partial charge is 0.257 e. The second-order valence-electron chi connectivity index (χ2n) is 6.21. The van der Waals surface area contributed by atoms with Gasteiger partial charge in [0.2, 0.25) is 0 Å². The summed E-state index contributed by atoms with van der Waals surface area (Å²) in [6.07, 6.45) is 0.342. The Morgan fingerprint density at radius 3 is 2.56 bits per heavy atom. The third kappa shape index (κ3) is 4.81. The molecule has 3 rings (SSSR count). The number of halogens is 2. The predicted octanol–water partition coefficient (Wildman–Crippen LogP) is 3.28. The molecule has 8 heteroatoms. The van der Waals surface area contributed by atoms with Gasteiger partial charge in [-0.1, -0.05) is 0 Å². The minimum Gasteiger partial charge on any atom is -0.373 e. The molecule has 1 aliphatic rings. The van der Waals surface area contributed by atoms with Crippen LogP contribution in [-0.4, -0.2) is 41.1 Å². The molecule has 0 saturated carbocycles. The average Bonchev–Trinajstić information content (AvgIpc) is 2.92. The molecule has 1 aliphatic heterocycles. The van der Waals surface area contributed by atoms with Crippen LogP contribution in [0.25, 0.3) is 0 Å². The lowest BCUT2D eigenvalue weighted by Crippen LogP contribution is -2.44. The van der Waals surface area contributed by atoms with Crippen LogP contribution in [0.15, 0.2) is 23.6 Å². The van der Waals surface area contributed by atoms with Crippen molar-refractivity contribution in [2.45, 2.75) is 32.6 Å². The third-order valence-corrected chi connectivity index (χ3v) is 4.58. The summed E-state index contributed by atoms with van der Waals surface area (Å²) < 4.78 is 32.1. The van der Waals surface area contributed by atoms with Gasteiger partial charge in [0.15, 0.2) is 5.13 Å². The van der Waals surface area contributed by atoms with Crippen LogP contribution in [0.3, 0.4) is 0 Å². The van der Waals surface area contributed by atoms with Crippen LogP contribution in [0.2, 0.25) is 0 Å². The number of nitrogens with one attached hydrogen (secondary N) is 1. The first-order valence-corrected chi connectivity index (χ1v) is 8.86. The lowest BCUT2D eigenvalue weighted by Gasteiger charge is -2.34. The zero-order valence-corrected chi connectivity index (χ0v) is 14.8. The van der Waals surface area contributed by atoms with E-state index < -0.39 is 17.5 Å².